The average molecular weight is 266 g/mol. The molecule has 0 saturated carbocycles. The largest absolute Gasteiger partial charge is 0.463 e. The number of nitrogens with zero attached hydrogens (tertiary/aromatic N) is 2. The van der Waals surface area contributed by atoms with Gasteiger partial charge in [0.15, 0.2) is 0 Å². The average Bonchev–Trinajstić information content (AvgIpc) is 2.84. The molecule has 0 saturated heterocycles. The number of nitrogens with two attached hydrogens (primary N) is 1. The highest BCUT2D eigenvalue weighted by Crippen LogP contribution is 2.30. The number of rotatable bonds is 4. The normalized spacial score (nSPS) is 12.6. The van der Waals surface area contributed by atoms with E-state index in [2.05, 4.69) is 19.7 Å². The van der Waals surface area contributed by atoms with E-state index in [0.717, 1.165) is 5.56 Å². The predicted octanol–water partition coefficient (Wildman–Crippen LogP) is 1.79. The molecule has 0 spiro atoms. The van der Waals surface area contributed by atoms with Crippen LogP contribution in [0.5, 0.6) is 0 Å². The summed E-state index contributed by atoms with van der Waals surface area (Å²) in [5, 5.41) is 0.567. The second-order valence-corrected chi connectivity index (χ2v) is 4.15. The molecule has 1 unspecified atom stereocenters. The molecule has 0 aliphatic carbocycles. The predicted molar refractivity (Wildman–Crippen MR) is 68.6 cm³/mol. The molecule has 0 bridgehead atoms. The molecule has 7 heteroatoms. The van der Waals surface area contributed by atoms with Crippen molar-refractivity contribution in [2.45, 2.75) is 19.3 Å². The lowest BCUT2D eigenvalue weighted by atomic mass is 9.98. The highest BCUT2D eigenvalue weighted by atomic mass is 19.1. The monoisotopic (exact) mass is 266 g/mol. The van der Waals surface area contributed by atoms with Gasteiger partial charge in [0.05, 0.1) is 19.2 Å². The van der Waals surface area contributed by atoms with E-state index >= 15 is 0 Å². The smallest absolute Gasteiger partial charge is 0.376 e. The molecular formula is C12H15FN4O2. The van der Waals surface area contributed by atoms with Crippen LogP contribution in [0.15, 0.2) is 6.20 Å². The summed E-state index contributed by atoms with van der Waals surface area (Å²) >= 11 is 0. The van der Waals surface area contributed by atoms with Gasteiger partial charge in [-0.2, -0.15) is 0 Å². The number of alkyl halides is 1. The first-order chi connectivity index (χ1) is 9.12. The van der Waals surface area contributed by atoms with Crippen molar-refractivity contribution in [1.29, 1.82) is 0 Å². The third-order valence-corrected chi connectivity index (χ3v) is 3.08. The van der Waals surface area contributed by atoms with E-state index in [9.17, 15) is 9.18 Å². The lowest BCUT2D eigenvalue weighted by Crippen LogP contribution is -2.10. The maximum atomic E-state index is 13.0. The van der Waals surface area contributed by atoms with E-state index in [-0.39, 0.29) is 17.6 Å². The van der Waals surface area contributed by atoms with Crippen LogP contribution in [-0.2, 0) is 4.74 Å². The molecule has 0 aromatic carbocycles. The van der Waals surface area contributed by atoms with Crippen LogP contribution in [0, 0.1) is 0 Å². The van der Waals surface area contributed by atoms with Gasteiger partial charge in [0.25, 0.3) is 0 Å². The molecule has 0 aliphatic rings. The van der Waals surface area contributed by atoms with Crippen molar-refractivity contribution in [3.8, 4) is 0 Å². The molecule has 102 valence electrons. The zero-order chi connectivity index (χ0) is 14.0. The van der Waals surface area contributed by atoms with Gasteiger partial charge in [0.1, 0.15) is 11.5 Å². The molecule has 2 rings (SSSR count). The number of halogens is 1. The Hall–Kier alpha value is -2.18. The number of hydrogen-bond donors (Lipinski definition) is 2. The van der Waals surface area contributed by atoms with Gasteiger partial charge in [-0.1, -0.05) is 6.92 Å². The summed E-state index contributed by atoms with van der Waals surface area (Å²) in [4.78, 5) is 22.2. The highest BCUT2D eigenvalue weighted by molar-refractivity contribution is 5.94. The summed E-state index contributed by atoms with van der Waals surface area (Å²) in [6, 6.07) is 0. The second-order valence-electron chi connectivity index (χ2n) is 4.15. The standard InChI is InChI=1S/C12H15FN4O2/c1-3-6(4-13)7-5-15-10-8(7)9(14)16-11(17-10)12(18)19-2/h5-6H,3-4H2,1-2H3,(H3,14,15,16,17). The molecule has 19 heavy (non-hydrogen) atoms. The van der Waals surface area contributed by atoms with Crippen molar-refractivity contribution in [1.82, 2.24) is 15.0 Å². The molecule has 6 nitrogen and oxygen atoms in total. The summed E-state index contributed by atoms with van der Waals surface area (Å²) in [7, 11) is 1.24. The van der Waals surface area contributed by atoms with E-state index < -0.39 is 12.6 Å². The molecular weight excluding hydrogens is 251 g/mol. The maximum absolute atomic E-state index is 13.0. The zero-order valence-electron chi connectivity index (χ0n) is 10.7. The summed E-state index contributed by atoms with van der Waals surface area (Å²) in [5.74, 6) is -0.895. The number of aromatic nitrogens is 3. The van der Waals surface area contributed by atoms with Crippen molar-refractivity contribution in [3.05, 3.63) is 17.6 Å². The first-order valence-corrected chi connectivity index (χ1v) is 5.91. The van der Waals surface area contributed by atoms with Crippen LogP contribution in [0.3, 0.4) is 0 Å². The number of carbonyl (C=O) groups is 1. The molecule has 1 atom stereocenters. The van der Waals surface area contributed by atoms with Crippen LogP contribution in [0.4, 0.5) is 10.2 Å². The Morgan fingerprint density at radius 1 is 1.58 bits per heavy atom. The van der Waals surface area contributed by atoms with Gasteiger partial charge < -0.3 is 15.5 Å². The van der Waals surface area contributed by atoms with Crippen LogP contribution in [0.2, 0.25) is 0 Å². The van der Waals surface area contributed by atoms with Gasteiger partial charge in [-0.25, -0.2) is 14.8 Å². The number of H-pyrrole nitrogens is 1. The van der Waals surface area contributed by atoms with E-state index in [4.69, 9.17) is 5.73 Å². The van der Waals surface area contributed by atoms with Gasteiger partial charge in [-0.3, -0.25) is 4.39 Å². The topological polar surface area (TPSA) is 93.9 Å². The number of nitrogen functional groups attached to an aromatic ring is 1. The van der Waals surface area contributed by atoms with Crippen LogP contribution in [0.1, 0.15) is 35.4 Å². The van der Waals surface area contributed by atoms with Crippen LogP contribution >= 0.6 is 0 Å². The van der Waals surface area contributed by atoms with Crippen LogP contribution in [0.25, 0.3) is 11.0 Å². The quantitative estimate of drug-likeness (QED) is 0.823. The van der Waals surface area contributed by atoms with E-state index in [0.29, 0.717) is 17.5 Å². The molecule has 0 fully saturated rings. The fourth-order valence-corrected chi connectivity index (χ4v) is 2.00. The summed E-state index contributed by atoms with van der Waals surface area (Å²) < 4.78 is 17.5. The van der Waals surface area contributed by atoms with Gasteiger partial charge in [-0.15, -0.1) is 0 Å². The molecule has 3 N–H and O–H groups in total. The van der Waals surface area contributed by atoms with Gasteiger partial charge in [0.2, 0.25) is 5.82 Å². The highest BCUT2D eigenvalue weighted by Gasteiger charge is 2.20. The van der Waals surface area contributed by atoms with Crippen molar-refractivity contribution >= 4 is 22.8 Å². The summed E-state index contributed by atoms with van der Waals surface area (Å²) in [6.45, 7) is 1.41. The minimum atomic E-state index is -0.665. The van der Waals surface area contributed by atoms with E-state index in [1.54, 1.807) is 6.20 Å². The first-order valence-electron chi connectivity index (χ1n) is 5.91. The maximum Gasteiger partial charge on any atom is 0.376 e. The van der Waals surface area contributed by atoms with Gasteiger partial charge in [-0.05, 0) is 12.0 Å². The molecule has 0 aliphatic heterocycles. The fourth-order valence-electron chi connectivity index (χ4n) is 2.00. The number of methoxy groups -OCH3 is 1. The molecule has 2 heterocycles. The number of aromatic amines is 1. The summed E-state index contributed by atoms with van der Waals surface area (Å²) in [5.41, 5.74) is 6.98. The Morgan fingerprint density at radius 2 is 2.32 bits per heavy atom. The number of ether oxygens (including phenoxy) is 1. The van der Waals surface area contributed by atoms with Gasteiger partial charge >= 0.3 is 5.97 Å². The Labute approximate surface area is 109 Å². The van der Waals surface area contributed by atoms with Crippen molar-refractivity contribution < 1.29 is 13.9 Å². The Morgan fingerprint density at radius 3 is 2.89 bits per heavy atom. The molecule has 0 amide bonds. The SMILES string of the molecule is CCC(CF)c1c[nH]c2nc(C(=O)OC)nc(N)c12. The summed E-state index contributed by atoms with van der Waals surface area (Å²) in [6.07, 6.45) is 2.30. The third kappa shape index (κ3) is 2.23. The number of fused-ring (bicyclic) bond motifs is 1. The number of nitrogens with one attached hydrogen (secondary N) is 1. The lowest BCUT2D eigenvalue weighted by Gasteiger charge is -2.09. The van der Waals surface area contributed by atoms with Crippen LogP contribution < -0.4 is 5.73 Å². The fraction of sp³-hybridized carbons (Fsp3) is 0.417. The van der Waals surface area contributed by atoms with Crippen molar-refractivity contribution in [2.75, 3.05) is 19.5 Å². The minimum absolute atomic E-state index is 0.116. The Bertz CT molecular complexity index is 607. The number of carbonyl (C=O) groups excluding carboxylic acids is 1. The number of anilines is 1. The van der Waals surface area contributed by atoms with Crippen molar-refractivity contribution in [2.24, 2.45) is 0 Å². The first kappa shape index (κ1) is 13.3. The van der Waals surface area contributed by atoms with E-state index in [1.165, 1.54) is 7.11 Å². The van der Waals surface area contributed by atoms with Gasteiger partial charge in [0, 0.05) is 12.1 Å². The van der Waals surface area contributed by atoms with Crippen molar-refractivity contribution in [3.63, 3.8) is 0 Å². The lowest BCUT2D eigenvalue weighted by molar-refractivity contribution is 0.0587. The number of hydrogen-bond acceptors (Lipinski definition) is 5. The third-order valence-electron chi connectivity index (χ3n) is 3.08. The molecule has 2 aromatic rings. The Kier molecular flexibility index (Phi) is 3.64. The molecule has 2 aromatic heterocycles. The zero-order valence-corrected chi connectivity index (χ0v) is 10.7. The second kappa shape index (κ2) is 5.21. The molecule has 0 radical (unpaired) electrons. The number of esters is 1. The van der Waals surface area contributed by atoms with Crippen LogP contribution in [-0.4, -0.2) is 34.7 Å². The van der Waals surface area contributed by atoms with E-state index in [1.807, 2.05) is 6.92 Å². The minimum Gasteiger partial charge on any atom is -0.463 e. The Balaban J connectivity index is 2.58.